The van der Waals surface area contributed by atoms with Crippen molar-refractivity contribution in [2.75, 3.05) is 25.0 Å². The van der Waals surface area contributed by atoms with Gasteiger partial charge in [-0.3, -0.25) is 0 Å². The third-order valence-electron chi connectivity index (χ3n) is 5.84. The number of piperidine rings is 1. The molecule has 1 aromatic rings. The SMILES string of the molecule is CC1(CN(C(=O)Nc2ccccc2)C2CCCC2)CCN(C(=O)O)CC1. The highest BCUT2D eigenvalue weighted by Gasteiger charge is 2.37. The number of likely N-dealkylation sites (tertiary alicyclic amines) is 1. The minimum atomic E-state index is -0.846. The Kier molecular flexibility index (Phi) is 5.69. The molecule has 3 amide bonds. The van der Waals surface area contributed by atoms with E-state index in [2.05, 4.69) is 12.2 Å². The van der Waals surface area contributed by atoms with Crippen LogP contribution in [0.25, 0.3) is 0 Å². The maximum absolute atomic E-state index is 13.0. The molecule has 2 fully saturated rings. The van der Waals surface area contributed by atoms with Crippen molar-refractivity contribution in [2.45, 2.75) is 51.5 Å². The van der Waals surface area contributed by atoms with Crippen LogP contribution < -0.4 is 5.32 Å². The predicted molar refractivity (Wildman–Crippen MR) is 101 cm³/mol. The highest BCUT2D eigenvalue weighted by Crippen LogP contribution is 2.35. The lowest BCUT2D eigenvalue weighted by atomic mass is 9.79. The Balaban J connectivity index is 1.68. The molecule has 142 valence electrons. The minimum absolute atomic E-state index is 0.0370. The minimum Gasteiger partial charge on any atom is -0.465 e. The van der Waals surface area contributed by atoms with E-state index >= 15 is 0 Å². The molecule has 1 aliphatic carbocycles. The van der Waals surface area contributed by atoms with Gasteiger partial charge in [-0.1, -0.05) is 38.0 Å². The number of anilines is 1. The standard InChI is InChI=1S/C20H29N3O3/c1-20(11-13-22(14-12-20)19(25)26)15-23(17-9-5-6-10-17)18(24)21-16-7-3-2-4-8-16/h2-4,7-8,17H,5-6,9-15H2,1H3,(H,21,24)(H,25,26). The number of amides is 3. The van der Waals surface area contributed by atoms with Gasteiger partial charge in [0.15, 0.2) is 0 Å². The first-order valence-electron chi connectivity index (χ1n) is 9.57. The molecule has 1 heterocycles. The molecule has 0 spiro atoms. The van der Waals surface area contributed by atoms with Crippen LogP contribution in [0.5, 0.6) is 0 Å². The zero-order valence-electron chi connectivity index (χ0n) is 15.5. The second kappa shape index (κ2) is 7.98. The van der Waals surface area contributed by atoms with E-state index in [9.17, 15) is 9.59 Å². The average Bonchev–Trinajstić information content (AvgIpc) is 3.15. The van der Waals surface area contributed by atoms with Crippen LogP contribution in [0, 0.1) is 5.41 Å². The highest BCUT2D eigenvalue weighted by atomic mass is 16.4. The van der Waals surface area contributed by atoms with E-state index in [1.54, 1.807) is 0 Å². The quantitative estimate of drug-likeness (QED) is 0.844. The Bertz CT molecular complexity index is 620. The van der Waals surface area contributed by atoms with Crippen LogP contribution in [-0.4, -0.2) is 52.7 Å². The molecule has 0 bridgehead atoms. The maximum atomic E-state index is 13.0. The molecule has 0 unspecified atom stereocenters. The first-order valence-corrected chi connectivity index (χ1v) is 9.57. The van der Waals surface area contributed by atoms with Gasteiger partial charge in [0.05, 0.1) is 0 Å². The number of carbonyl (C=O) groups excluding carboxylic acids is 1. The molecule has 1 saturated heterocycles. The van der Waals surface area contributed by atoms with Crippen molar-refractivity contribution >= 4 is 17.8 Å². The molecule has 1 saturated carbocycles. The molecular formula is C20H29N3O3. The molecule has 2 aliphatic rings. The zero-order valence-corrected chi connectivity index (χ0v) is 15.5. The molecule has 6 heteroatoms. The van der Waals surface area contributed by atoms with Gasteiger partial charge >= 0.3 is 12.1 Å². The van der Waals surface area contributed by atoms with Gasteiger partial charge in [-0.25, -0.2) is 9.59 Å². The molecule has 0 radical (unpaired) electrons. The molecule has 26 heavy (non-hydrogen) atoms. The fourth-order valence-corrected chi connectivity index (χ4v) is 4.11. The highest BCUT2D eigenvalue weighted by molar-refractivity contribution is 5.89. The molecule has 2 N–H and O–H groups in total. The van der Waals surface area contributed by atoms with Gasteiger partial charge in [-0.2, -0.15) is 0 Å². The largest absolute Gasteiger partial charge is 0.465 e. The van der Waals surface area contributed by atoms with Crippen molar-refractivity contribution in [3.05, 3.63) is 30.3 Å². The molecule has 6 nitrogen and oxygen atoms in total. The number of hydrogen-bond donors (Lipinski definition) is 2. The van der Waals surface area contributed by atoms with Gasteiger partial charge in [0.25, 0.3) is 0 Å². The zero-order chi connectivity index (χ0) is 18.6. The lowest BCUT2D eigenvalue weighted by Gasteiger charge is -2.43. The Labute approximate surface area is 155 Å². The van der Waals surface area contributed by atoms with E-state index < -0.39 is 6.09 Å². The number of benzene rings is 1. The van der Waals surface area contributed by atoms with Crippen LogP contribution in [0.4, 0.5) is 15.3 Å². The fraction of sp³-hybridized carbons (Fsp3) is 0.600. The summed E-state index contributed by atoms with van der Waals surface area (Å²) in [6, 6.07) is 9.81. The Morgan fingerprint density at radius 2 is 1.81 bits per heavy atom. The summed E-state index contributed by atoms with van der Waals surface area (Å²) in [7, 11) is 0. The van der Waals surface area contributed by atoms with Crippen molar-refractivity contribution in [3.8, 4) is 0 Å². The second-order valence-corrected chi connectivity index (χ2v) is 7.94. The van der Waals surface area contributed by atoms with E-state index in [1.165, 1.54) is 17.7 Å². The van der Waals surface area contributed by atoms with Crippen molar-refractivity contribution in [1.82, 2.24) is 9.80 Å². The fourth-order valence-electron chi connectivity index (χ4n) is 4.11. The molecule has 1 aromatic carbocycles. The number of para-hydroxylation sites is 1. The predicted octanol–water partition coefficient (Wildman–Crippen LogP) is 4.24. The summed E-state index contributed by atoms with van der Waals surface area (Å²) in [5, 5.41) is 12.2. The third kappa shape index (κ3) is 4.48. The summed E-state index contributed by atoms with van der Waals surface area (Å²) in [5.41, 5.74) is 0.772. The van der Waals surface area contributed by atoms with E-state index in [0.717, 1.165) is 31.4 Å². The van der Waals surface area contributed by atoms with Crippen LogP contribution in [0.15, 0.2) is 30.3 Å². The first kappa shape index (κ1) is 18.5. The molecule has 0 aromatic heterocycles. The number of hydrogen-bond acceptors (Lipinski definition) is 2. The summed E-state index contributed by atoms with van der Waals surface area (Å²) in [5.74, 6) is 0. The van der Waals surface area contributed by atoms with Gasteiger partial charge in [-0.05, 0) is 43.2 Å². The van der Waals surface area contributed by atoms with Crippen LogP contribution in [0.1, 0.15) is 45.4 Å². The van der Waals surface area contributed by atoms with Crippen LogP contribution >= 0.6 is 0 Å². The van der Waals surface area contributed by atoms with Gasteiger partial charge in [0.1, 0.15) is 0 Å². The Morgan fingerprint density at radius 1 is 1.19 bits per heavy atom. The lowest BCUT2D eigenvalue weighted by Crippen LogP contribution is -2.51. The molecule has 1 aliphatic heterocycles. The molecule has 3 rings (SSSR count). The van der Waals surface area contributed by atoms with Gasteiger partial charge < -0.3 is 20.2 Å². The van der Waals surface area contributed by atoms with Crippen molar-refractivity contribution in [3.63, 3.8) is 0 Å². The van der Waals surface area contributed by atoms with Crippen LogP contribution in [0.3, 0.4) is 0 Å². The number of urea groups is 1. The van der Waals surface area contributed by atoms with Crippen molar-refractivity contribution in [2.24, 2.45) is 5.41 Å². The molecule has 0 atom stereocenters. The summed E-state index contributed by atoms with van der Waals surface area (Å²) in [6.07, 6.45) is 5.19. The first-order chi connectivity index (χ1) is 12.5. The van der Waals surface area contributed by atoms with Crippen molar-refractivity contribution < 1.29 is 14.7 Å². The normalized spacial score (nSPS) is 20.0. The smallest absolute Gasteiger partial charge is 0.407 e. The van der Waals surface area contributed by atoms with Crippen molar-refractivity contribution in [1.29, 1.82) is 0 Å². The number of carbonyl (C=O) groups is 2. The molecular weight excluding hydrogens is 330 g/mol. The summed E-state index contributed by atoms with van der Waals surface area (Å²) in [4.78, 5) is 27.6. The number of nitrogens with one attached hydrogen (secondary N) is 1. The van der Waals surface area contributed by atoms with E-state index in [4.69, 9.17) is 5.11 Å². The van der Waals surface area contributed by atoms with Gasteiger partial charge in [-0.15, -0.1) is 0 Å². The number of carboxylic acid groups (broad SMARTS) is 1. The van der Waals surface area contributed by atoms with Crippen LogP contribution in [-0.2, 0) is 0 Å². The lowest BCUT2D eigenvalue weighted by molar-refractivity contribution is 0.0702. The summed E-state index contributed by atoms with van der Waals surface area (Å²) >= 11 is 0. The Morgan fingerprint density at radius 3 is 2.38 bits per heavy atom. The summed E-state index contributed by atoms with van der Waals surface area (Å²) in [6.45, 7) is 3.96. The maximum Gasteiger partial charge on any atom is 0.407 e. The topological polar surface area (TPSA) is 72.9 Å². The van der Waals surface area contributed by atoms with E-state index in [1.807, 2.05) is 35.2 Å². The Hall–Kier alpha value is -2.24. The van der Waals surface area contributed by atoms with Gasteiger partial charge in [0.2, 0.25) is 0 Å². The van der Waals surface area contributed by atoms with Crippen LogP contribution in [0.2, 0.25) is 0 Å². The third-order valence-corrected chi connectivity index (χ3v) is 5.84. The number of nitrogens with zero attached hydrogens (tertiary/aromatic N) is 2. The van der Waals surface area contributed by atoms with E-state index in [0.29, 0.717) is 19.6 Å². The summed E-state index contributed by atoms with van der Waals surface area (Å²) < 4.78 is 0. The number of rotatable bonds is 4. The average molecular weight is 359 g/mol. The van der Waals surface area contributed by atoms with Gasteiger partial charge in [0, 0.05) is 31.4 Å². The monoisotopic (exact) mass is 359 g/mol. The second-order valence-electron chi connectivity index (χ2n) is 7.94. The van der Waals surface area contributed by atoms with E-state index in [-0.39, 0.29) is 17.5 Å².